The molecule has 0 unspecified atom stereocenters. The highest BCUT2D eigenvalue weighted by molar-refractivity contribution is 5.76. The van der Waals surface area contributed by atoms with Crippen LogP contribution in [-0.4, -0.2) is 37.1 Å². The lowest BCUT2D eigenvalue weighted by molar-refractivity contribution is -0.147. The van der Waals surface area contributed by atoms with Gasteiger partial charge in [0.1, 0.15) is 6.04 Å². The van der Waals surface area contributed by atoms with E-state index in [1.54, 1.807) is 0 Å². The van der Waals surface area contributed by atoms with E-state index in [4.69, 9.17) is 4.74 Å². The molecule has 3 nitrogen and oxygen atoms in total. The smallest absolute Gasteiger partial charge is 0.323 e. The third-order valence-corrected chi connectivity index (χ3v) is 2.08. The number of ether oxygens (including phenoxy) is 1. The first kappa shape index (κ1) is 8.53. The van der Waals surface area contributed by atoms with Crippen molar-refractivity contribution in [2.24, 2.45) is 0 Å². The fourth-order valence-electron chi connectivity index (χ4n) is 1.45. The van der Waals surface area contributed by atoms with Crippen molar-refractivity contribution in [3.63, 3.8) is 0 Å². The molecule has 1 heterocycles. The van der Waals surface area contributed by atoms with Crippen LogP contribution in [-0.2, 0) is 9.53 Å². The zero-order valence-corrected chi connectivity index (χ0v) is 7.17. The number of likely N-dealkylation sites (N-methyl/N-ethyl adjacent to an activating group) is 1. The summed E-state index contributed by atoms with van der Waals surface area (Å²) >= 11 is 0. The Kier molecular flexibility index (Phi) is 2.88. The maximum atomic E-state index is 11.2. The van der Waals surface area contributed by atoms with Crippen molar-refractivity contribution in [2.45, 2.75) is 25.8 Å². The van der Waals surface area contributed by atoms with Gasteiger partial charge in [-0.2, -0.15) is 0 Å². The normalized spacial score (nSPS) is 25.5. The zero-order valence-electron chi connectivity index (χ0n) is 7.17. The molecule has 3 heteroatoms. The zero-order chi connectivity index (χ0) is 8.27. The first-order valence-corrected chi connectivity index (χ1v) is 4.12. The summed E-state index contributed by atoms with van der Waals surface area (Å²) in [6.45, 7) is 3.35. The van der Waals surface area contributed by atoms with E-state index in [2.05, 4.69) is 4.90 Å². The van der Waals surface area contributed by atoms with Crippen LogP contribution in [0.25, 0.3) is 0 Å². The molecule has 0 aromatic heterocycles. The van der Waals surface area contributed by atoms with E-state index in [0.29, 0.717) is 6.61 Å². The summed E-state index contributed by atoms with van der Waals surface area (Å²) in [4.78, 5) is 13.2. The van der Waals surface area contributed by atoms with Gasteiger partial charge in [-0.3, -0.25) is 9.69 Å². The predicted octanol–water partition coefficient (Wildman–Crippen LogP) is 0.644. The van der Waals surface area contributed by atoms with Gasteiger partial charge in [0.2, 0.25) is 0 Å². The fraction of sp³-hybridized carbons (Fsp3) is 0.875. The van der Waals surface area contributed by atoms with Gasteiger partial charge in [0.15, 0.2) is 0 Å². The number of rotatable bonds is 2. The quantitative estimate of drug-likeness (QED) is 0.551. The van der Waals surface area contributed by atoms with E-state index in [1.165, 1.54) is 0 Å². The molecular formula is C8H15NO2. The van der Waals surface area contributed by atoms with Crippen LogP contribution in [0.15, 0.2) is 0 Å². The molecule has 0 spiro atoms. The van der Waals surface area contributed by atoms with Crippen LogP contribution in [0.1, 0.15) is 19.8 Å². The molecule has 0 aromatic rings. The summed E-state index contributed by atoms with van der Waals surface area (Å²) in [6, 6.07) is 0.0231. The molecule has 0 bridgehead atoms. The van der Waals surface area contributed by atoms with Gasteiger partial charge in [-0.25, -0.2) is 0 Å². The Morgan fingerprint density at radius 1 is 1.73 bits per heavy atom. The van der Waals surface area contributed by atoms with Crippen LogP contribution in [0.4, 0.5) is 0 Å². The monoisotopic (exact) mass is 157 g/mol. The van der Waals surface area contributed by atoms with E-state index in [1.807, 2.05) is 14.0 Å². The molecule has 0 aromatic carbocycles. The molecule has 64 valence electrons. The summed E-state index contributed by atoms with van der Waals surface area (Å²) < 4.78 is 4.92. The lowest BCUT2D eigenvalue weighted by atomic mass is 10.2. The van der Waals surface area contributed by atoms with E-state index in [0.717, 1.165) is 19.4 Å². The molecule has 0 amide bonds. The second-order valence-corrected chi connectivity index (χ2v) is 2.89. The molecule has 1 saturated heterocycles. The highest BCUT2D eigenvalue weighted by atomic mass is 16.5. The molecule has 1 fully saturated rings. The molecular weight excluding hydrogens is 142 g/mol. The Labute approximate surface area is 67.3 Å². The summed E-state index contributed by atoms with van der Waals surface area (Å²) in [5.74, 6) is -0.0625. The van der Waals surface area contributed by atoms with Crippen molar-refractivity contribution < 1.29 is 9.53 Å². The van der Waals surface area contributed by atoms with E-state index >= 15 is 0 Å². The van der Waals surface area contributed by atoms with Crippen LogP contribution in [0.2, 0.25) is 0 Å². The Balaban J connectivity index is 2.39. The number of hydrogen-bond acceptors (Lipinski definition) is 3. The highest BCUT2D eigenvalue weighted by Gasteiger charge is 2.28. The van der Waals surface area contributed by atoms with Gasteiger partial charge in [0.25, 0.3) is 0 Å². The lowest BCUT2D eigenvalue weighted by Crippen LogP contribution is -2.34. The number of nitrogens with zero attached hydrogens (tertiary/aromatic N) is 1. The van der Waals surface area contributed by atoms with Gasteiger partial charge in [-0.15, -0.1) is 0 Å². The molecule has 1 atom stereocenters. The first-order valence-electron chi connectivity index (χ1n) is 4.12. The Morgan fingerprint density at radius 3 is 2.91 bits per heavy atom. The molecule has 1 aliphatic heterocycles. The number of hydrogen-bond donors (Lipinski definition) is 0. The molecule has 11 heavy (non-hydrogen) atoms. The summed E-state index contributed by atoms with van der Waals surface area (Å²) in [5.41, 5.74) is 0. The highest BCUT2D eigenvalue weighted by Crippen LogP contribution is 2.15. The standard InChI is InChI=1S/C8H15NO2/c1-3-11-8(10)7-5-4-6-9(7)2/h7H,3-6H2,1-2H3/t7-/m1/s1. The van der Waals surface area contributed by atoms with Gasteiger partial charge >= 0.3 is 5.97 Å². The molecule has 0 aliphatic carbocycles. The van der Waals surface area contributed by atoms with Crippen molar-refractivity contribution in [1.82, 2.24) is 4.90 Å². The van der Waals surface area contributed by atoms with E-state index in [-0.39, 0.29) is 12.0 Å². The summed E-state index contributed by atoms with van der Waals surface area (Å²) in [6.07, 6.45) is 2.06. The van der Waals surface area contributed by atoms with Crippen LogP contribution < -0.4 is 0 Å². The number of carbonyl (C=O) groups is 1. The average molecular weight is 157 g/mol. The van der Waals surface area contributed by atoms with Gasteiger partial charge in [0.05, 0.1) is 6.61 Å². The van der Waals surface area contributed by atoms with E-state index in [9.17, 15) is 4.79 Å². The van der Waals surface area contributed by atoms with Crippen LogP contribution in [0.5, 0.6) is 0 Å². The van der Waals surface area contributed by atoms with Crippen molar-refractivity contribution in [1.29, 1.82) is 0 Å². The van der Waals surface area contributed by atoms with Gasteiger partial charge in [-0.1, -0.05) is 0 Å². The minimum atomic E-state index is -0.0625. The minimum absolute atomic E-state index is 0.0231. The number of carbonyl (C=O) groups excluding carboxylic acids is 1. The Bertz CT molecular complexity index is 147. The van der Waals surface area contributed by atoms with Crippen LogP contribution >= 0.6 is 0 Å². The van der Waals surface area contributed by atoms with Crippen molar-refractivity contribution in [3.05, 3.63) is 0 Å². The molecule has 1 rings (SSSR count). The van der Waals surface area contributed by atoms with Gasteiger partial charge < -0.3 is 4.74 Å². The van der Waals surface area contributed by atoms with Crippen LogP contribution in [0, 0.1) is 0 Å². The third kappa shape index (κ3) is 1.93. The number of likely N-dealkylation sites (tertiary alicyclic amines) is 1. The van der Waals surface area contributed by atoms with Crippen LogP contribution in [0.3, 0.4) is 0 Å². The van der Waals surface area contributed by atoms with E-state index < -0.39 is 0 Å². The molecule has 0 N–H and O–H groups in total. The average Bonchev–Trinajstić information content (AvgIpc) is 2.36. The summed E-state index contributed by atoms with van der Waals surface area (Å²) in [7, 11) is 1.97. The second-order valence-electron chi connectivity index (χ2n) is 2.89. The lowest BCUT2D eigenvalue weighted by Gasteiger charge is -2.16. The Morgan fingerprint density at radius 2 is 2.45 bits per heavy atom. The van der Waals surface area contributed by atoms with Gasteiger partial charge in [0, 0.05) is 0 Å². The van der Waals surface area contributed by atoms with Crippen molar-refractivity contribution in [2.75, 3.05) is 20.2 Å². The van der Waals surface area contributed by atoms with Crippen molar-refractivity contribution in [3.8, 4) is 0 Å². The maximum absolute atomic E-state index is 11.2. The SMILES string of the molecule is CCOC(=O)[C@H]1CCCN1C. The minimum Gasteiger partial charge on any atom is -0.465 e. The fourth-order valence-corrected chi connectivity index (χ4v) is 1.45. The summed E-state index contributed by atoms with van der Waals surface area (Å²) in [5, 5.41) is 0. The topological polar surface area (TPSA) is 29.5 Å². The van der Waals surface area contributed by atoms with Crippen molar-refractivity contribution >= 4 is 5.97 Å². The third-order valence-electron chi connectivity index (χ3n) is 2.08. The molecule has 0 saturated carbocycles. The Hall–Kier alpha value is -0.570. The molecule has 1 aliphatic rings. The van der Waals surface area contributed by atoms with Gasteiger partial charge in [-0.05, 0) is 33.4 Å². The second kappa shape index (κ2) is 3.72. The number of esters is 1. The molecule has 0 radical (unpaired) electrons. The first-order chi connectivity index (χ1) is 5.25. The predicted molar refractivity (Wildman–Crippen MR) is 42.3 cm³/mol. The largest absolute Gasteiger partial charge is 0.465 e. The maximum Gasteiger partial charge on any atom is 0.323 e.